The molecule has 0 saturated carbocycles. The number of halogens is 2. The molecule has 2 aromatic carbocycles. The van der Waals surface area contributed by atoms with Crippen molar-refractivity contribution in [1.29, 1.82) is 0 Å². The molecule has 1 unspecified atom stereocenters. The molecule has 3 nitrogen and oxygen atoms in total. The number of benzene rings is 2. The molecule has 0 spiro atoms. The molecule has 0 aliphatic carbocycles. The van der Waals surface area contributed by atoms with Gasteiger partial charge in [0.15, 0.2) is 6.10 Å². The third-order valence-corrected chi connectivity index (χ3v) is 3.84. The second-order valence-electron chi connectivity index (χ2n) is 5.43. The summed E-state index contributed by atoms with van der Waals surface area (Å²) in [5, 5.41) is 3.73. The monoisotopic (exact) mass is 351 g/mol. The lowest BCUT2D eigenvalue weighted by Crippen LogP contribution is -2.32. The molecular weight excluding hydrogens is 333 g/mol. The molecule has 0 radical (unpaired) electrons. The molecule has 0 saturated heterocycles. The summed E-state index contributed by atoms with van der Waals surface area (Å²) < 4.78 is 5.89. The van der Waals surface area contributed by atoms with E-state index in [1.807, 2.05) is 39.0 Å². The van der Waals surface area contributed by atoms with Gasteiger partial charge in [-0.05, 0) is 55.7 Å². The van der Waals surface area contributed by atoms with Crippen LogP contribution in [0.3, 0.4) is 0 Å². The van der Waals surface area contributed by atoms with Gasteiger partial charge >= 0.3 is 0 Å². The fourth-order valence-corrected chi connectivity index (χ4v) is 2.68. The highest BCUT2D eigenvalue weighted by Gasteiger charge is 2.19. The van der Waals surface area contributed by atoms with Crippen LogP contribution in [-0.4, -0.2) is 12.0 Å². The summed E-state index contributed by atoms with van der Waals surface area (Å²) >= 11 is 11.9. The highest BCUT2D eigenvalue weighted by atomic mass is 35.5. The molecule has 1 atom stereocenters. The SMILES string of the molecule is CCC(Oc1cc(C)ccc1C)C(=O)Nc1cc(Cl)cc(Cl)c1. The molecule has 0 heterocycles. The van der Waals surface area contributed by atoms with Crippen molar-refractivity contribution in [2.24, 2.45) is 0 Å². The highest BCUT2D eigenvalue weighted by molar-refractivity contribution is 6.35. The number of amides is 1. The Morgan fingerprint density at radius 1 is 1.13 bits per heavy atom. The Kier molecular flexibility index (Phi) is 5.91. The summed E-state index contributed by atoms with van der Waals surface area (Å²) in [6.07, 6.45) is -0.0405. The predicted octanol–water partition coefficient (Wildman–Crippen LogP) is 5.41. The minimum Gasteiger partial charge on any atom is -0.480 e. The first kappa shape index (κ1) is 17.6. The van der Waals surface area contributed by atoms with Crippen LogP contribution in [-0.2, 0) is 4.79 Å². The first-order valence-electron chi connectivity index (χ1n) is 7.40. The maximum absolute atomic E-state index is 12.4. The number of carbonyl (C=O) groups excluding carboxylic acids is 1. The zero-order valence-corrected chi connectivity index (χ0v) is 14.8. The lowest BCUT2D eigenvalue weighted by molar-refractivity contribution is -0.122. The van der Waals surface area contributed by atoms with Crippen LogP contribution >= 0.6 is 23.2 Å². The summed E-state index contributed by atoms with van der Waals surface area (Å²) in [5.41, 5.74) is 2.63. The summed E-state index contributed by atoms with van der Waals surface area (Å²) in [5.74, 6) is 0.489. The Balaban J connectivity index is 2.13. The van der Waals surface area contributed by atoms with Gasteiger partial charge in [0, 0.05) is 15.7 Å². The third kappa shape index (κ3) is 4.88. The number of hydrogen-bond acceptors (Lipinski definition) is 2. The number of ether oxygens (including phenoxy) is 1. The standard InChI is InChI=1S/C18H19Cl2NO2/c1-4-16(23-17-7-11(2)5-6-12(17)3)18(22)21-15-9-13(19)8-14(20)10-15/h5-10,16H,4H2,1-3H3,(H,21,22). The van der Waals surface area contributed by atoms with E-state index in [0.29, 0.717) is 22.2 Å². The van der Waals surface area contributed by atoms with Gasteiger partial charge in [-0.15, -0.1) is 0 Å². The summed E-state index contributed by atoms with van der Waals surface area (Å²) in [6, 6.07) is 10.8. The van der Waals surface area contributed by atoms with Gasteiger partial charge in [0.2, 0.25) is 0 Å². The molecule has 2 rings (SSSR count). The minimum absolute atomic E-state index is 0.230. The van der Waals surface area contributed by atoms with E-state index in [4.69, 9.17) is 27.9 Å². The molecule has 0 aliphatic heterocycles. The van der Waals surface area contributed by atoms with E-state index in [2.05, 4.69) is 5.32 Å². The molecule has 23 heavy (non-hydrogen) atoms. The Morgan fingerprint density at radius 2 is 1.78 bits per heavy atom. The molecular formula is C18H19Cl2NO2. The van der Waals surface area contributed by atoms with E-state index in [1.54, 1.807) is 18.2 Å². The van der Waals surface area contributed by atoms with Crippen LogP contribution in [0.5, 0.6) is 5.75 Å². The van der Waals surface area contributed by atoms with E-state index < -0.39 is 6.10 Å². The molecule has 2 aromatic rings. The first-order chi connectivity index (χ1) is 10.9. The number of hydrogen-bond donors (Lipinski definition) is 1. The molecule has 122 valence electrons. The van der Waals surface area contributed by atoms with Crippen molar-refractivity contribution < 1.29 is 9.53 Å². The van der Waals surface area contributed by atoms with Gasteiger partial charge in [-0.2, -0.15) is 0 Å². The van der Waals surface area contributed by atoms with Gasteiger partial charge in [0.05, 0.1) is 0 Å². The maximum atomic E-state index is 12.4. The topological polar surface area (TPSA) is 38.3 Å². The van der Waals surface area contributed by atoms with Crippen molar-refractivity contribution >= 4 is 34.8 Å². The quantitative estimate of drug-likeness (QED) is 0.782. The van der Waals surface area contributed by atoms with Crippen LogP contribution in [0, 0.1) is 13.8 Å². The van der Waals surface area contributed by atoms with E-state index in [0.717, 1.165) is 16.9 Å². The molecule has 0 aliphatic rings. The predicted molar refractivity (Wildman–Crippen MR) is 95.7 cm³/mol. The van der Waals surface area contributed by atoms with Crippen LogP contribution in [0.25, 0.3) is 0 Å². The maximum Gasteiger partial charge on any atom is 0.265 e. The van der Waals surface area contributed by atoms with Crippen LogP contribution < -0.4 is 10.1 Å². The second-order valence-corrected chi connectivity index (χ2v) is 6.30. The van der Waals surface area contributed by atoms with Crippen LogP contribution in [0.1, 0.15) is 24.5 Å². The van der Waals surface area contributed by atoms with Gasteiger partial charge in [0.25, 0.3) is 5.91 Å². The number of nitrogens with one attached hydrogen (secondary N) is 1. The number of carbonyl (C=O) groups is 1. The van der Waals surface area contributed by atoms with Crippen LogP contribution in [0.15, 0.2) is 36.4 Å². The van der Waals surface area contributed by atoms with Crippen molar-refractivity contribution in [2.75, 3.05) is 5.32 Å². The van der Waals surface area contributed by atoms with Gasteiger partial charge < -0.3 is 10.1 Å². The van der Waals surface area contributed by atoms with Crippen molar-refractivity contribution in [1.82, 2.24) is 0 Å². The lowest BCUT2D eigenvalue weighted by Gasteiger charge is -2.19. The van der Waals surface area contributed by atoms with Crippen molar-refractivity contribution in [3.05, 3.63) is 57.6 Å². The Morgan fingerprint density at radius 3 is 2.39 bits per heavy atom. The molecule has 1 amide bonds. The average molecular weight is 352 g/mol. The number of aryl methyl sites for hydroxylation is 2. The Hall–Kier alpha value is -1.71. The van der Waals surface area contributed by atoms with E-state index in [9.17, 15) is 4.79 Å². The van der Waals surface area contributed by atoms with Gasteiger partial charge in [-0.1, -0.05) is 42.3 Å². The van der Waals surface area contributed by atoms with Crippen molar-refractivity contribution in [3.8, 4) is 5.75 Å². The van der Waals surface area contributed by atoms with Gasteiger partial charge in [-0.3, -0.25) is 4.79 Å². The van der Waals surface area contributed by atoms with Crippen LogP contribution in [0.4, 0.5) is 5.69 Å². The second kappa shape index (κ2) is 7.71. The Bertz CT molecular complexity index is 696. The summed E-state index contributed by atoms with van der Waals surface area (Å²) in [4.78, 5) is 12.4. The summed E-state index contributed by atoms with van der Waals surface area (Å²) in [7, 11) is 0. The van der Waals surface area contributed by atoms with Gasteiger partial charge in [-0.25, -0.2) is 0 Å². The fraction of sp³-hybridized carbons (Fsp3) is 0.278. The molecule has 0 aromatic heterocycles. The van der Waals surface area contributed by atoms with Crippen molar-refractivity contribution in [2.45, 2.75) is 33.3 Å². The minimum atomic E-state index is -0.590. The fourth-order valence-electron chi connectivity index (χ4n) is 2.16. The van der Waals surface area contributed by atoms with Crippen molar-refractivity contribution in [3.63, 3.8) is 0 Å². The smallest absolute Gasteiger partial charge is 0.265 e. The number of anilines is 1. The average Bonchev–Trinajstić information content (AvgIpc) is 2.46. The third-order valence-electron chi connectivity index (χ3n) is 3.41. The highest BCUT2D eigenvalue weighted by Crippen LogP contribution is 2.24. The molecule has 5 heteroatoms. The van der Waals surface area contributed by atoms with E-state index in [-0.39, 0.29) is 5.91 Å². The molecule has 1 N–H and O–H groups in total. The Labute approximate surface area is 146 Å². The zero-order valence-electron chi connectivity index (χ0n) is 13.3. The van der Waals surface area contributed by atoms with Crippen LogP contribution in [0.2, 0.25) is 10.0 Å². The van der Waals surface area contributed by atoms with E-state index in [1.165, 1.54) is 0 Å². The lowest BCUT2D eigenvalue weighted by atomic mass is 10.1. The van der Waals surface area contributed by atoms with E-state index >= 15 is 0 Å². The molecule has 0 bridgehead atoms. The van der Waals surface area contributed by atoms with Gasteiger partial charge in [0.1, 0.15) is 5.75 Å². The number of rotatable bonds is 5. The summed E-state index contributed by atoms with van der Waals surface area (Å²) in [6.45, 7) is 5.84. The zero-order chi connectivity index (χ0) is 17.0. The first-order valence-corrected chi connectivity index (χ1v) is 8.15. The largest absolute Gasteiger partial charge is 0.480 e. The normalized spacial score (nSPS) is 11.9. The molecule has 0 fully saturated rings.